The number of carbonyl (C=O) groups excluding carboxylic acids is 2. The van der Waals surface area contributed by atoms with E-state index in [0.717, 1.165) is 18.4 Å². The number of hydrogen-bond donors (Lipinski definition) is 2. The first-order chi connectivity index (χ1) is 13.8. The summed E-state index contributed by atoms with van der Waals surface area (Å²) >= 11 is 0. The molecule has 0 bridgehead atoms. The molecule has 1 aliphatic rings. The standard InChI is InChI=1S/C20H23N3O5S/c1-14-8-9-16(13-18(14)28-2)20(25)22-21-19(24)15-6-5-7-17(12-15)29(26,27)23-10-3-4-11-23/h5-9,12-13H,3-4,10-11H2,1-2H3,(H,21,24)(H,22,25). The van der Waals surface area contributed by atoms with E-state index in [1.165, 1.54) is 35.7 Å². The Balaban J connectivity index is 1.69. The minimum absolute atomic E-state index is 0.0571. The van der Waals surface area contributed by atoms with Gasteiger partial charge >= 0.3 is 0 Å². The van der Waals surface area contributed by atoms with Gasteiger partial charge in [0.2, 0.25) is 10.0 Å². The normalized spacial score (nSPS) is 14.4. The quantitative estimate of drug-likeness (QED) is 0.723. The van der Waals surface area contributed by atoms with Gasteiger partial charge in [-0.15, -0.1) is 0 Å². The Kier molecular flexibility index (Phi) is 6.19. The van der Waals surface area contributed by atoms with Crippen LogP contribution in [-0.4, -0.2) is 44.7 Å². The van der Waals surface area contributed by atoms with Gasteiger partial charge in [0.1, 0.15) is 5.75 Å². The molecule has 0 spiro atoms. The predicted octanol–water partition coefficient (Wildman–Crippen LogP) is 1.86. The summed E-state index contributed by atoms with van der Waals surface area (Å²) in [6.07, 6.45) is 1.66. The van der Waals surface area contributed by atoms with Crippen molar-refractivity contribution in [3.63, 3.8) is 0 Å². The van der Waals surface area contributed by atoms with Gasteiger partial charge in [-0.05, 0) is 55.7 Å². The van der Waals surface area contributed by atoms with Gasteiger partial charge in [0.05, 0.1) is 12.0 Å². The lowest BCUT2D eigenvalue weighted by atomic mass is 10.1. The number of sulfonamides is 1. The summed E-state index contributed by atoms with van der Waals surface area (Å²) in [6.45, 7) is 2.81. The Morgan fingerprint density at radius 1 is 0.966 bits per heavy atom. The molecule has 2 aromatic carbocycles. The van der Waals surface area contributed by atoms with Crippen molar-refractivity contribution in [1.29, 1.82) is 0 Å². The minimum atomic E-state index is -3.63. The van der Waals surface area contributed by atoms with Crippen molar-refractivity contribution in [3.05, 3.63) is 59.2 Å². The van der Waals surface area contributed by atoms with Crippen molar-refractivity contribution in [2.75, 3.05) is 20.2 Å². The zero-order chi connectivity index (χ0) is 21.0. The number of nitrogens with one attached hydrogen (secondary N) is 2. The number of amides is 2. The van der Waals surface area contributed by atoms with Gasteiger partial charge in [-0.3, -0.25) is 20.4 Å². The maximum absolute atomic E-state index is 12.7. The van der Waals surface area contributed by atoms with E-state index >= 15 is 0 Å². The fraction of sp³-hybridized carbons (Fsp3) is 0.300. The molecule has 2 aromatic rings. The van der Waals surface area contributed by atoms with Crippen molar-refractivity contribution in [3.8, 4) is 5.75 Å². The SMILES string of the molecule is COc1cc(C(=O)NNC(=O)c2cccc(S(=O)(=O)N3CCCC3)c2)ccc1C. The van der Waals surface area contributed by atoms with E-state index in [4.69, 9.17) is 4.74 Å². The molecule has 1 saturated heterocycles. The molecule has 154 valence electrons. The lowest BCUT2D eigenvalue weighted by molar-refractivity contribution is 0.0846. The molecule has 0 atom stereocenters. The first-order valence-electron chi connectivity index (χ1n) is 9.18. The van der Waals surface area contributed by atoms with Crippen LogP contribution in [0.5, 0.6) is 5.75 Å². The molecule has 0 aromatic heterocycles. The second kappa shape index (κ2) is 8.62. The molecular formula is C20H23N3O5S. The van der Waals surface area contributed by atoms with Crippen molar-refractivity contribution in [1.82, 2.24) is 15.2 Å². The van der Waals surface area contributed by atoms with Crippen LogP contribution in [0.15, 0.2) is 47.4 Å². The lowest BCUT2D eigenvalue weighted by Gasteiger charge is -2.16. The van der Waals surface area contributed by atoms with E-state index < -0.39 is 21.8 Å². The summed E-state index contributed by atoms with van der Waals surface area (Å²) in [6, 6.07) is 10.7. The Hall–Kier alpha value is -2.91. The molecule has 0 unspecified atom stereocenters. The molecule has 1 heterocycles. The number of carbonyl (C=O) groups is 2. The van der Waals surface area contributed by atoms with Crippen LogP contribution in [0.4, 0.5) is 0 Å². The largest absolute Gasteiger partial charge is 0.496 e. The summed E-state index contributed by atoms with van der Waals surface area (Å²) in [7, 11) is -2.12. The van der Waals surface area contributed by atoms with Crippen LogP contribution in [0.2, 0.25) is 0 Å². The monoisotopic (exact) mass is 417 g/mol. The average molecular weight is 417 g/mol. The summed E-state index contributed by atoms with van der Waals surface area (Å²) in [5.74, 6) is -0.572. The van der Waals surface area contributed by atoms with E-state index in [1.54, 1.807) is 18.2 Å². The van der Waals surface area contributed by atoms with E-state index in [9.17, 15) is 18.0 Å². The van der Waals surface area contributed by atoms with Crippen molar-refractivity contribution >= 4 is 21.8 Å². The van der Waals surface area contributed by atoms with Gasteiger partial charge in [0.15, 0.2) is 0 Å². The highest BCUT2D eigenvalue weighted by atomic mass is 32.2. The Morgan fingerprint density at radius 2 is 1.59 bits per heavy atom. The van der Waals surface area contributed by atoms with Crippen LogP contribution in [0.3, 0.4) is 0 Å². The molecule has 9 heteroatoms. The molecule has 8 nitrogen and oxygen atoms in total. The molecule has 2 N–H and O–H groups in total. The average Bonchev–Trinajstić information content (AvgIpc) is 3.28. The number of nitrogens with zero attached hydrogens (tertiary/aromatic N) is 1. The fourth-order valence-corrected chi connectivity index (χ4v) is 4.66. The van der Waals surface area contributed by atoms with E-state index in [-0.39, 0.29) is 10.5 Å². The van der Waals surface area contributed by atoms with Crippen molar-refractivity contribution in [2.24, 2.45) is 0 Å². The number of hydrazine groups is 1. The fourth-order valence-electron chi connectivity index (χ4n) is 3.09. The molecule has 1 fully saturated rings. The smallest absolute Gasteiger partial charge is 0.269 e. The van der Waals surface area contributed by atoms with Gasteiger partial charge in [-0.1, -0.05) is 12.1 Å². The first-order valence-corrected chi connectivity index (χ1v) is 10.6. The van der Waals surface area contributed by atoms with Crippen LogP contribution in [0.1, 0.15) is 39.1 Å². The number of rotatable bonds is 5. The van der Waals surface area contributed by atoms with E-state index in [2.05, 4.69) is 10.9 Å². The van der Waals surface area contributed by atoms with Gasteiger partial charge in [-0.2, -0.15) is 4.31 Å². The molecule has 0 radical (unpaired) electrons. The van der Waals surface area contributed by atoms with Crippen molar-refractivity contribution < 1.29 is 22.7 Å². The number of aryl methyl sites for hydroxylation is 1. The molecule has 0 saturated carbocycles. The summed E-state index contributed by atoms with van der Waals surface area (Å²) in [5, 5.41) is 0. The predicted molar refractivity (Wildman–Crippen MR) is 107 cm³/mol. The Labute approximate surface area is 169 Å². The zero-order valence-electron chi connectivity index (χ0n) is 16.3. The number of ether oxygens (including phenoxy) is 1. The highest BCUT2D eigenvalue weighted by Gasteiger charge is 2.27. The van der Waals surface area contributed by atoms with Gasteiger partial charge in [0.25, 0.3) is 11.8 Å². The molecule has 29 heavy (non-hydrogen) atoms. The van der Waals surface area contributed by atoms with Gasteiger partial charge < -0.3 is 4.74 Å². The molecule has 3 rings (SSSR count). The number of methoxy groups -OCH3 is 1. The minimum Gasteiger partial charge on any atom is -0.496 e. The van der Waals surface area contributed by atoms with Crippen LogP contribution in [0.25, 0.3) is 0 Å². The van der Waals surface area contributed by atoms with Gasteiger partial charge in [0, 0.05) is 24.2 Å². The summed E-state index contributed by atoms with van der Waals surface area (Å²) in [4.78, 5) is 24.7. The third kappa shape index (κ3) is 4.57. The summed E-state index contributed by atoms with van der Waals surface area (Å²) in [5.41, 5.74) is 5.97. The maximum Gasteiger partial charge on any atom is 0.269 e. The molecule has 0 aliphatic carbocycles. The van der Waals surface area contributed by atoms with Crippen LogP contribution >= 0.6 is 0 Å². The summed E-state index contributed by atoms with van der Waals surface area (Å²) < 4.78 is 31.9. The highest BCUT2D eigenvalue weighted by Crippen LogP contribution is 2.22. The highest BCUT2D eigenvalue weighted by molar-refractivity contribution is 7.89. The number of hydrogen-bond acceptors (Lipinski definition) is 5. The Morgan fingerprint density at radius 3 is 2.21 bits per heavy atom. The second-order valence-corrected chi connectivity index (χ2v) is 8.67. The molecular weight excluding hydrogens is 394 g/mol. The maximum atomic E-state index is 12.7. The molecule has 1 aliphatic heterocycles. The van der Waals surface area contributed by atoms with E-state index in [1.807, 2.05) is 6.92 Å². The number of benzene rings is 2. The van der Waals surface area contributed by atoms with Crippen LogP contribution in [-0.2, 0) is 10.0 Å². The van der Waals surface area contributed by atoms with Crippen LogP contribution < -0.4 is 15.6 Å². The first kappa shape index (κ1) is 20.8. The van der Waals surface area contributed by atoms with Crippen LogP contribution in [0, 0.1) is 6.92 Å². The topological polar surface area (TPSA) is 105 Å². The second-order valence-electron chi connectivity index (χ2n) is 6.73. The third-order valence-electron chi connectivity index (χ3n) is 4.76. The zero-order valence-corrected chi connectivity index (χ0v) is 17.1. The van der Waals surface area contributed by atoms with E-state index in [0.29, 0.717) is 24.4 Å². The Bertz CT molecular complexity index is 1030. The third-order valence-corrected chi connectivity index (χ3v) is 6.65. The lowest BCUT2D eigenvalue weighted by Crippen LogP contribution is -2.41. The molecule has 2 amide bonds. The van der Waals surface area contributed by atoms with Gasteiger partial charge in [-0.25, -0.2) is 8.42 Å². The van der Waals surface area contributed by atoms with Crippen molar-refractivity contribution in [2.45, 2.75) is 24.7 Å².